The van der Waals surface area contributed by atoms with E-state index in [1.165, 1.54) is 57.8 Å². The first kappa shape index (κ1) is 39.7. The van der Waals surface area contributed by atoms with Crippen LogP contribution < -0.4 is 0 Å². The maximum atomic E-state index is 12.4. The van der Waals surface area contributed by atoms with Crippen molar-refractivity contribution in [3.63, 3.8) is 0 Å². The van der Waals surface area contributed by atoms with E-state index in [0.29, 0.717) is 6.42 Å². The summed E-state index contributed by atoms with van der Waals surface area (Å²) in [5.41, 5.74) is 0. The van der Waals surface area contributed by atoms with Gasteiger partial charge in [0.15, 0.2) is 6.10 Å². The van der Waals surface area contributed by atoms with Gasteiger partial charge in [0.1, 0.15) is 12.7 Å². The molecule has 11 heteroatoms. The lowest BCUT2D eigenvalue weighted by Gasteiger charge is -2.20. The summed E-state index contributed by atoms with van der Waals surface area (Å²) in [7, 11) is -4.60. The molecule has 242 valence electrons. The van der Waals surface area contributed by atoms with E-state index in [-0.39, 0.29) is 19.4 Å². The summed E-state index contributed by atoms with van der Waals surface area (Å²) in [5, 5.41) is 18.1. The molecule has 41 heavy (non-hydrogen) atoms. The molecular weight excluding hydrogens is 551 g/mol. The molecule has 0 saturated heterocycles. The molecule has 0 spiro atoms. The SMILES string of the molecule is CCCCCCCC/C=C\CC(=O)OC[C@H](COP(=O)(O)OC[C@@H](O)CO)OC(=O)CCCCCCCCCCC. The quantitative estimate of drug-likeness (QED) is 0.0369. The second kappa shape index (κ2) is 27.5. The molecule has 0 aliphatic carbocycles. The van der Waals surface area contributed by atoms with Crippen molar-refractivity contribution < 1.29 is 47.8 Å². The smallest absolute Gasteiger partial charge is 0.461 e. The molecule has 3 N–H and O–H groups in total. The highest BCUT2D eigenvalue weighted by Crippen LogP contribution is 2.43. The van der Waals surface area contributed by atoms with E-state index in [1.54, 1.807) is 6.08 Å². The minimum atomic E-state index is -4.60. The number of allylic oxidation sites excluding steroid dienone is 1. The van der Waals surface area contributed by atoms with Crippen molar-refractivity contribution in [1.82, 2.24) is 0 Å². The molecule has 0 saturated carbocycles. The molecule has 0 heterocycles. The number of hydrogen-bond acceptors (Lipinski definition) is 9. The minimum absolute atomic E-state index is 0.0659. The molecule has 10 nitrogen and oxygen atoms in total. The summed E-state index contributed by atoms with van der Waals surface area (Å²) >= 11 is 0. The van der Waals surface area contributed by atoms with Crippen LogP contribution >= 0.6 is 7.82 Å². The number of rotatable bonds is 29. The van der Waals surface area contributed by atoms with Gasteiger partial charge in [-0.25, -0.2) is 4.57 Å². The summed E-state index contributed by atoms with van der Waals surface area (Å²) in [6, 6.07) is 0. The molecule has 0 rings (SSSR count). The highest BCUT2D eigenvalue weighted by atomic mass is 31.2. The number of aliphatic hydroxyl groups excluding tert-OH is 2. The van der Waals surface area contributed by atoms with Crippen molar-refractivity contribution in [1.29, 1.82) is 0 Å². The molecule has 0 aromatic carbocycles. The van der Waals surface area contributed by atoms with Crippen LogP contribution in [0.1, 0.15) is 129 Å². The van der Waals surface area contributed by atoms with Crippen molar-refractivity contribution in [3.8, 4) is 0 Å². The largest absolute Gasteiger partial charge is 0.472 e. The van der Waals surface area contributed by atoms with Gasteiger partial charge in [0.05, 0.1) is 26.2 Å². The van der Waals surface area contributed by atoms with Crippen LogP contribution in [0.5, 0.6) is 0 Å². The second-order valence-corrected chi connectivity index (χ2v) is 12.0. The van der Waals surface area contributed by atoms with E-state index in [4.69, 9.17) is 19.1 Å². The highest BCUT2D eigenvalue weighted by molar-refractivity contribution is 7.47. The number of esters is 2. The average Bonchev–Trinajstić information content (AvgIpc) is 2.95. The Morgan fingerprint density at radius 3 is 1.85 bits per heavy atom. The fourth-order valence-electron chi connectivity index (χ4n) is 3.97. The van der Waals surface area contributed by atoms with Crippen molar-refractivity contribution in [2.45, 2.75) is 142 Å². The van der Waals surface area contributed by atoms with Crippen LogP contribution in [0.2, 0.25) is 0 Å². The first-order valence-corrected chi connectivity index (χ1v) is 17.1. The Balaban J connectivity index is 4.54. The third kappa shape index (κ3) is 27.3. The Morgan fingerprint density at radius 2 is 1.27 bits per heavy atom. The monoisotopic (exact) mass is 608 g/mol. The number of unbranched alkanes of at least 4 members (excludes halogenated alkanes) is 14. The fraction of sp³-hybridized carbons (Fsp3) is 0.867. The summed E-state index contributed by atoms with van der Waals surface area (Å²) in [4.78, 5) is 34.4. The Kier molecular flexibility index (Phi) is 26.7. The lowest BCUT2D eigenvalue weighted by molar-refractivity contribution is -0.160. The summed E-state index contributed by atoms with van der Waals surface area (Å²) in [6.07, 6.45) is 19.5. The molecule has 0 bridgehead atoms. The van der Waals surface area contributed by atoms with Crippen LogP contribution in [-0.2, 0) is 32.7 Å². The second-order valence-electron chi connectivity index (χ2n) is 10.5. The lowest BCUT2D eigenvalue weighted by Crippen LogP contribution is -2.29. The molecular formula is C30H57O10P. The Hall–Kier alpha value is -1.29. The van der Waals surface area contributed by atoms with Crippen molar-refractivity contribution in [2.24, 2.45) is 0 Å². The molecule has 0 amide bonds. The van der Waals surface area contributed by atoms with Gasteiger partial charge in [-0.05, 0) is 19.3 Å². The summed E-state index contributed by atoms with van der Waals surface area (Å²) in [5.74, 6) is -1.03. The first-order chi connectivity index (χ1) is 19.7. The van der Waals surface area contributed by atoms with Crippen molar-refractivity contribution in [2.75, 3.05) is 26.4 Å². The predicted octanol–water partition coefficient (Wildman–Crippen LogP) is 6.55. The number of aliphatic hydroxyl groups is 2. The molecule has 0 aliphatic rings. The number of ether oxygens (including phenoxy) is 2. The van der Waals surface area contributed by atoms with Crippen LogP contribution in [0, 0.1) is 0 Å². The zero-order valence-corrected chi connectivity index (χ0v) is 26.4. The minimum Gasteiger partial charge on any atom is -0.461 e. The van der Waals surface area contributed by atoms with Crippen LogP contribution in [0.15, 0.2) is 12.2 Å². The molecule has 1 unspecified atom stereocenters. The zero-order chi connectivity index (χ0) is 30.6. The van der Waals surface area contributed by atoms with E-state index in [0.717, 1.165) is 38.5 Å². The van der Waals surface area contributed by atoms with E-state index >= 15 is 0 Å². The molecule has 0 aromatic rings. The van der Waals surface area contributed by atoms with Crippen LogP contribution in [0.3, 0.4) is 0 Å². The van der Waals surface area contributed by atoms with Crippen LogP contribution in [0.25, 0.3) is 0 Å². The van der Waals surface area contributed by atoms with Gasteiger partial charge in [0.25, 0.3) is 0 Å². The molecule has 3 atom stereocenters. The van der Waals surface area contributed by atoms with E-state index in [1.807, 2.05) is 6.08 Å². The van der Waals surface area contributed by atoms with Gasteiger partial charge in [-0.1, -0.05) is 109 Å². The number of carbonyl (C=O) groups excluding carboxylic acids is 2. The Morgan fingerprint density at radius 1 is 0.732 bits per heavy atom. The van der Waals surface area contributed by atoms with Crippen LogP contribution in [0.4, 0.5) is 0 Å². The third-order valence-corrected chi connectivity index (χ3v) is 7.40. The Labute approximate surface area is 247 Å². The molecule has 0 radical (unpaired) electrons. The normalized spacial score (nSPS) is 14.6. The standard InChI is InChI=1S/C30H57O10P/c1-3-5-7-9-11-13-15-17-19-21-29(33)37-25-28(26-39-41(35,36)38-24-27(32)23-31)40-30(34)22-20-18-16-14-12-10-8-6-4-2/h17,19,27-28,31-32H,3-16,18,20-26H2,1-2H3,(H,35,36)/b19-17-/t27-,28+/m0/s1. The van der Waals surface area contributed by atoms with Gasteiger partial charge in [-0.2, -0.15) is 0 Å². The fourth-order valence-corrected chi connectivity index (χ4v) is 4.76. The van der Waals surface area contributed by atoms with E-state index in [2.05, 4.69) is 18.4 Å². The summed E-state index contributed by atoms with van der Waals surface area (Å²) in [6.45, 7) is 2.22. The number of phosphoric acid groups is 1. The van der Waals surface area contributed by atoms with Crippen molar-refractivity contribution >= 4 is 19.8 Å². The highest BCUT2D eigenvalue weighted by Gasteiger charge is 2.27. The molecule has 0 fully saturated rings. The number of phosphoric ester groups is 1. The van der Waals surface area contributed by atoms with Gasteiger partial charge >= 0.3 is 19.8 Å². The van der Waals surface area contributed by atoms with Gasteiger partial charge in [-0.15, -0.1) is 0 Å². The average molecular weight is 609 g/mol. The number of carbonyl (C=O) groups is 2. The van der Waals surface area contributed by atoms with Crippen molar-refractivity contribution in [3.05, 3.63) is 12.2 Å². The topological polar surface area (TPSA) is 149 Å². The zero-order valence-electron chi connectivity index (χ0n) is 25.5. The van der Waals surface area contributed by atoms with E-state index < -0.39 is 51.8 Å². The molecule has 0 aromatic heterocycles. The number of hydrogen-bond donors (Lipinski definition) is 3. The maximum absolute atomic E-state index is 12.4. The first-order valence-electron chi connectivity index (χ1n) is 15.6. The lowest BCUT2D eigenvalue weighted by atomic mass is 10.1. The van der Waals surface area contributed by atoms with Gasteiger partial charge in [0.2, 0.25) is 0 Å². The van der Waals surface area contributed by atoms with Crippen LogP contribution in [-0.4, -0.2) is 65.7 Å². The van der Waals surface area contributed by atoms with Gasteiger partial charge in [0, 0.05) is 6.42 Å². The van der Waals surface area contributed by atoms with Gasteiger partial charge < -0.3 is 24.6 Å². The van der Waals surface area contributed by atoms with Gasteiger partial charge in [-0.3, -0.25) is 18.6 Å². The third-order valence-electron chi connectivity index (χ3n) is 6.45. The summed E-state index contributed by atoms with van der Waals surface area (Å²) < 4.78 is 32.2. The molecule has 0 aliphatic heterocycles. The Bertz CT molecular complexity index is 715. The predicted molar refractivity (Wildman–Crippen MR) is 159 cm³/mol. The van der Waals surface area contributed by atoms with E-state index in [9.17, 15) is 24.2 Å². The maximum Gasteiger partial charge on any atom is 0.472 e.